The maximum Gasteiger partial charge on any atom is 0.332 e. The number of esters is 1. The van der Waals surface area contributed by atoms with Crippen LogP contribution in [0.15, 0.2) is 18.3 Å². The van der Waals surface area contributed by atoms with E-state index in [-0.39, 0.29) is 29.8 Å². The van der Waals surface area contributed by atoms with Crippen molar-refractivity contribution >= 4 is 23.7 Å². The molecule has 1 atom stereocenters. The number of carbonyl (C=O) groups excluding carboxylic acids is 1. The van der Waals surface area contributed by atoms with Gasteiger partial charge in [-0.1, -0.05) is 13.8 Å². The molecule has 0 spiro atoms. The van der Waals surface area contributed by atoms with Gasteiger partial charge in [-0.15, -0.1) is 4.98 Å². The van der Waals surface area contributed by atoms with Crippen molar-refractivity contribution in [1.82, 2.24) is 24.9 Å². The SMILES string of the molecule is COc1nc(Nc2nc(N)ncc2Cc2cc(OC)c(OC)c(OC)c2)nc(OC(=O)C(N)C(C)C)n1. The maximum atomic E-state index is 12.3. The van der Waals surface area contributed by atoms with Gasteiger partial charge >= 0.3 is 18.0 Å². The third-order valence-electron chi connectivity index (χ3n) is 5.19. The fourth-order valence-electron chi connectivity index (χ4n) is 3.18. The molecule has 0 aliphatic heterocycles. The van der Waals surface area contributed by atoms with E-state index in [9.17, 15) is 4.79 Å². The van der Waals surface area contributed by atoms with Crippen molar-refractivity contribution in [2.45, 2.75) is 26.3 Å². The monoisotopic (exact) mass is 514 g/mol. The number of nitrogen functional groups attached to an aromatic ring is 1. The van der Waals surface area contributed by atoms with Crippen molar-refractivity contribution in [3.63, 3.8) is 0 Å². The minimum atomic E-state index is -0.856. The van der Waals surface area contributed by atoms with Crippen molar-refractivity contribution in [3.05, 3.63) is 29.5 Å². The summed E-state index contributed by atoms with van der Waals surface area (Å²) in [7, 11) is 5.96. The molecular weight excluding hydrogens is 484 g/mol. The zero-order valence-corrected chi connectivity index (χ0v) is 21.4. The second kappa shape index (κ2) is 12.0. The Kier molecular flexibility index (Phi) is 8.79. The molecule has 1 aromatic carbocycles. The van der Waals surface area contributed by atoms with Crippen molar-refractivity contribution in [3.8, 4) is 29.3 Å². The smallest absolute Gasteiger partial charge is 0.332 e. The van der Waals surface area contributed by atoms with E-state index >= 15 is 0 Å². The normalized spacial score (nSPS) is 11.6. The van der Waals surface area contributed by atoms with E-state index in [2.05, 4.69) is 30.2 Å². The molecule has 0 saturated carbocycles. The van der Waals surface area contributed by atoms with Crippen molar-refractivity contribution in [2.75, 3.05) is 39.5 Å². The Bertz CT molecular complexity index is 1230. The molecule has 0 fully saturated rings. The molecule has 3 aromatic rings. The molecule has 0 aliphatic carbocycles. The summed E-state index contributed by atoms with van der Waals surface area (Å²) in [6.45, 7) is 3.59. The van der Waals surface area contributed by atoms with Crippen LogP contribution in [0, 0.1) is 5.92 Å². The Morgan fingerprint density at radius 3 is 2.16 bits per heavy atom. The number of aromatic nitrogens is 5. The van der Waals surface area contributed by atoms with Gasteiger partial charge in [-0.25, -0.2) is 9.78 Å². The van der Waals surface area contributed by atoms with Crippen molar-refractivity contribution in [2.24, 2.45) is 11.7 Å². The Balaban J connectivity index is 1.94. The van der Waals surface area contributed by atoms with Crippen LogP contribution in [-0.4, -0.2) is 65.4 Å². The summed E-state index contributed by atoms with van der Waals surface area (Å²) < 4.78 is 26.6. The number of ether oxygens (including phenoxy) is 5. The topological polar surface area (TPSA) is 192 Å². The molecule has 0 radical (unpaired) electrons. The first kappa shape index (κ1) is 27.1. The number of nitrogens with two attached hydrogens (primary N) is 2. The number of anilines is 3. The highest BCUT2D eigenvalue weighted by atomic mass is 16.6. The maximum absolute atomic E-state index is 12.3. The molecule has 0 bridgehead atoms. The molecule has 1 unspecified atom stereocenters. The summed E-state index contributed by atoms with van der Waals surface area (Å²) in [6, 6.07) is 2.38. The van der Waals surface area contributed by atoms with Crippen molar-refractivity contribution < 1.29 is 28.5 Å². The van der Waals surface area contributed by atoms with E-state index in [4.69, 9.17) is 35.2 Å². The zero-order valence-electron chi connectivity index (χ0n) is 21.4. The van der Waals surface area contributed by atoms with Crippen LogP contribution in [-0.2, 0) is 11.2 Å². The number of nitrogens with one attached hydrogen (secondary N) is 1. The average molecular weight is 515 g/mol. The number of rotatable bonds is 11. The van der Waals surface area contributed by atoms with Gasteiger partial charge in [0.25, 0.3) is 0 Å². The van der Waals surface area contributed by atoms with E-state index in [1.807, 2.05) is 12.1 Å². The molecule has 0 aliphatic rings. The fraction of sp³-hybridized carbons (Fsp3) is 0.391. The van der Waals surface area contributed by atoms with Gasteiger partial charge in [0, 0.05) is 18.2 Å². The lowest BCUT2D eigenvalue weighted by atomic mass is 10.1. The molecule has 37 heavy (non-hydrogen) atoms. The van der Waals surface area contributed by atoms with Crippen LogP contribution in [0.4, 0.5) is 17.7 Å². The van der Waals surface area contributed by atoms with Crippen LogP contribution >= 0.6 is 0 Å². The Labute approximate surface area is 213 Å². The fourth-order valence-corrected chi connectivity index (χ4v) is 3.18. The number of hydrogen-bond donors (Lipinski definition) is 3. The summed E-state index contributed by atoms with van der Waals surface area (Å²) in [4.78, 5) is 32.9. The summed E-state index contributed by atoms with van der Waals surface area (Å²) in [6.07, 6.45) is 1.92. The molecule has 5 N–H and O–H groups in total. The standard InChI is InChI=1S/C23H30N8O6/c1-11(2)16(24)19(32)37-23-30-21(29-22(31-23)36-6)28-18-13(10-26-20(25)27-18)7-12-8-14(33-3)17(35-5)15(9-12)34-4/h8-11,16H,7,24H2,1-6H3,(H3,25,26,27,28,29,30,31). The third-order valence-corrected chi connectivity index (χ3v) is 5.19. The van der Waals surface area contributed by atoms with E-state index in [1.54, 1.807) is 20.0 Å². The lowest BCUT2D eigenvalue weighted by Gasteiger charge is -2.16. The van der Waals surface area contributed by atoms with Gasteiger partial charge in [0.15, 0.2) is 11.5 Å². The largest absolute Gasteiger partial charge is 0.493 e. The summed E-state index contributed by atoms with van der Waals surface area (Å²) in [5, 5.41) is 2.97. The lowest BCUT2D eigenvalue weighted by molar-refractivity contribution is -0.137. The van der Waals surface area contributed by atoms with Gasteiger partial charge in [-0.05, 0) is 23.6 Å². The predicted octanol–water partition coefficient (Wildman–Crippen LogP) is 1.50. The lowest BCUT2D eigenvalue weighted by Crippen LogP contribution is -2.39. The summed E-state index contributed by atoms with van der Waals surface area (Å²) in [5.41, 5.74) is 13.2. The number of methoxy groups -OCH3 is 4. The molecule has 2 aromatic heterocycles. The first-order valence-corrected chi connectivity index (χ1v) is 11.1. The van der Waals surface area contributed by atoms with Gasteiger partial charge in [-0.2, -0.15) is 15.0 Å². The zero-order chi connectivity index (χ0) is 27.1. The summed E-state index contributed by atoms with van der Waals surface area (Å²) in [5.74, 6) is 0.956. The first-order valence-electron chi connectivity index (χ1n) is 11.1. The molecule has 0 saturated heterocycles. The van der Waals surface area contributed by atoms with Gasteiger partial charge in [0.2, 0.25) is 17.6 Å². The second-order valence-electron chi connectivity index (χ2n) is 8.06. The average Bonchev–Trinajstić information content (AvgIpc) is 2.88. The van der Waals surface area contributed by atoms with Crippen LogP contribution in [0.1, 0.15) is 25.0 Å². The third kappa shape index (κ3) is 6.61. The highest BCUT2D eigenvalue weighted by molar-refractivity contribution is 5.77. The van der Waals surface area contributed by atoms with E-state index in [0.29, 0.717) is 35.1 Å². The number of benzene rings is 1. The first-order chi connectivity index (χ1) is 17.7. The molecule has 3 rings (SSSR count). The van der Waals surface area contributed by atoms with Gasteiger partial charge in [-0.3, -0.25) is 0 Å². The number of hydrogen-bond acceptors (Lipinski definition) is 14. The quantitative estimate of drug-likeness (QED) is 0.312. The second-order valence-corrected chi connectivity index (χ2v) is 8.06. The van der Waals surface area contributed by atoms with E-state index in [0.717, 1.165) is 5.56 Å². The molecule has 2 heterocycles. The van der Waals surface area contributed by atoms with Crippen molar-refractivity contribution in [1.29, 1.82) is 0 Å². The van der Waals surface area contributed by atoms with Gasteiger partial charge < -0.3 is 40.5 Å². The summed E-state index contributed by atoms with van der Waals surface area (Å²) >= 11 is 0. The molecular formula is C23H30N8O6. The van der Waals surface area contributed by atoms with Crippen LogP contribution in [0.3, 0.4) is 0 Å². The Morgan fingerprint density at radius 1 is 0.946 bits per heavy atom. The minimum Gasteiger partial charge on any atom is -0.493 e. The Hall–Kier alpha value is -4.46. The minimum absolute atomic E-state index is 0.00277. The molecule has 0 amide bonds. The molecule has 14 nitrogen and oxygen atoms in total. The number of nitrogens with zero attached hydrogens (tertiary/aromatic N) is 5. The van der Waals surface area contributed by atoms with Crippen LogP contribution in [0.2, 0.25) is 0 Å². The van der Waals surface area contributed by atoms with Gasteiger partial charge in [0.05, 0.1) is 28.4 Å². The Morgan fingerprint density at radius 2 is 1.59 bits per heavy atom. The van der Waals surface area contributed by atoms with E-state index < -0.39 is 12.0 Å². The molecule has 14 heteroatoms. The van der Waals surface area contributed by atoms with Gasteiger partial charge in [0.1, 0.15) is 11.9 Å². The van der Waals surface area contributed by atoms with Crippen LogP contribution in [0.5, 0.6) is 29.3 Å². The van der Waals surface area contributed by atoms with Crippen LogP contribution < -0.4 is 40.5 Å². The highest BCUT2D eigenvalue weighted by Gasteiger charge is 2.22. The number of carbonyl (C=O) groups is 1. The highest BCUT2D eigenvalue weighted by Crippen LogP contribution is 2.39. The molecule has 198 valence electrons. The predicted molar refractivity (Wildman–Crippen MR) is 133 cm³/mol. The van der Waals surface area contributed by atoms with Crippen LogP contribution in [0.25, 0.3) is 0 Å². The van der Waals surface area contributed by atoms with E-state index in [1.165, 1.54) is 28.4 Å².